The zero-order valence-corrected chi connectivity index (χ0v) is 17.5. The molecule has 160 valence electrons. The highest BCUT2D eigenvalue weighted by molar-refractivity contribution is 5.59. The number of aliphatic hydroxyl groups excluding tert-OH is 1. The van der Waals surface area contributed by atoms with Crippen LogP contribution >= 0.6 is 0 Å². The average Bonchev–Trinajstić information content (AvgIpc) is 3.39. The van der Waals surface area contributed by atoms with Gasteiger partial charge in [-0.3, -0.25) is 10.2 Å². The second-order valence-electron chi connectivity index (χ2n) is 8.01. The summed E-state index contributed by atoms with van der Waals surface area (Å²) >= 11 is 0. The number of hydrogen-bond acceptors (Lipinski definition) is 7. The van der Waals surface area contributed by atoms with Crippen molar-refractivity contribution < 1.29 is 14.6 Å². The molecule has 0 bridgehead atoms. The van der Waals surface area contributed by atoms with E-state index in [1.807, 2.05) is 13.8 Å². The zero-order valence-electron chi connectivity index (χ0n) is 17.5. The van der Waals surface area contributed by atoms with Crippen molar-refractivity contribution in [3.63, 3.8) is 0 Å². The van der Waals surface area contributed by atoms with Crippen LogP contribution in [0.4, 0.5) is 0 Å². The van der Waals surface area contributed by atoms with E-state index >= 15 is 0 Å². The number of nitrogens with one attached hydrogen (secondary N) is 2. The van der Waals surface area contributed by atoms with Crippen molar-refractivity contribution >= 4 is 0 Å². The summed E-state index contributed by atoms with van der Waals surface area (Å²) in [5.74, 6) is -0.623. The molecule has 3 atom stereocenters. The molecule has 3 N–H and O–H groups in total. The molecule has 29 heavy (non-hydrogen) atoms. The third-order valence-corrected chi connectivity index (χ3v) is 5.22. The van der Waals surface area contributed by atoms with E-state index in [2.05, 4.69) is 44.3 Å². The third-order valence-electron chi connectivity index (χ3n) is 5.22. The number of unbranched alkanes of at least 4 members (excludes halogenated alkanes) is 4. The number of aromatic amines is 2. The Bertz CT molecular complexity index is 787. The van der Waals surface area contributed by atoms with Gasteiger partial charge in [-0.05, 0) is 20.3 Å². The minimum Gasteiger partial charge on any atom is -0.383 e. The van der Waals surface area contributed by atoms with E-state index in [1.165, 1.54) is 31.8 Å². The first-order chi connectivity index (χ1) is 13.9. The third kappa shape index (κ3) is 5.29. The molecule has 0 aromatic carbocycles. The summed E-state index contributed by atoms with van der Waals surface area (Å²) in [5, 5.41) is 31.8. The Morgan fingerprint density at radius 1 is 1.07 bits per heavy atom. The summed E-state index contributed by atoms with van der Waals surface area (Å²) in [6.45, 7) is 9.71. The van der Waals surface area contributed by atoms with E-state index in [-0.39, 0.29) is 12.2 Å². The number of nitrogens with zero attached hydrogens (tertiary/aromatic N) is 4. The summed E-state index contributed by atoms with van der Waals surface area (Å²) in [6.07, 6.45) is 7.94. The largest absolute Gasteiger partial charge is 0.383 e. The van der Waals surface area contributed by atoms with E-state index in [0.29, 0.717) is 23.5 Å². The van der Waals surface area contributed by atoms with Crippen LogP contribution in [0.5, 0.6) is 0 Å². The van der Waals surface area contributed by atoms with Crippen LogP contribution in [0.15, 0.2) is 12.7 Å². The van der Waals surface area contributed by atoms with Gasteiger partial charge in [-0.25, -0.2) is 0 Å². The molecule has 3 rings (SSSR count). The van der Waals surface area contributed by atoms with Gasteiger partial charge in [-0.2, -0.15) is 0 Å². The van der Waals surface area contributed by atoms with E-state index < -0.39 is 11.9 Å². The Kier molecular flexibility index (Phi) is 7.15. The van der Waals surface area contributed by atoms with Gasteiger partial charge in [-0.1, -0.05) is 55.5 Å². The second kappa shape index (κ2) is 9.60. The van der Waals surface area contributed by atoms with Crippen LogP contribution in [0.3, 0.4) is 0 Å². The number of H-pyrrole nitrogens is 2. The van der Waals surface area contributed by atoms with Crippen LogP contribution in [0.25, 0.3) is 11.4 Å². The van der Waals surface area contributed by atoms with Gasteiger partial charge in [0.2, 0.25) is 0 Å². The van der Waals surface area contributed by atoms with E-state index in [1.54, 1.807) is 0 Å². The van der Waals surface area contributed by atoms with Gasteiger partial charge in [0.25, 0.3) is 0 Å². The Morgan fingerprint density at radius 2 is 1.76 bits per heavy atom. The van der Waals surface area contributed by atoms with Gasteiger partial charge in [0.05, 0.1) is 17.9 Å². The van der Waals surface area contributed by atoms with Crippen molar-refractivity contribution in [2.75, 3.05) is 0 Å². The number of rotatable bonds is 11. The monoisotopic (exact) mass is 404 g/mol. The van der Waals surface area contributed by atoms with E-state index in [4.69, 9.17) is 9.47 Å². The lowest BCUT2D eigenvalue weighted by atomic mass is 10.00. The van der Waals surface area contributed by atoms with Gasteiger partial charge >= 0.3 is 0 Å². The Morgan fingerprint density at radius 3 is 2.52 bits per heavy atom. The van der Waals surface area contributed by atoms with Gasteiger partial charge in [-0.15, -0.1) is 16.8 Å². The second-order valence-corrected chi connectivity index (χ2v) is 8.01. The van der Waals surface area contributed by atoms with Gasteiger partial charge in [0, 0.05) is 6.42 Å². The van der Waals surface area contributed by atoms with Gasteiger partial charge in [0.15, 0.2) is 5.79 Å². The summed E-state index contributed by atoms with van der Waals surface area (Å²) < 4.78 is 12.3. The molecule has 0 saturated carbocycles. The molecule has 1 aliphatic heterocycles. The minimum atomic E-state index is -0.930. The minimum absolute atomic E-state index is 0.00861. The fraction of sp³-hybridized carbons (Fsp3) is 0.700. The molecule has 1 saturated heterocycles. The summed E-state index contributed by atoms with van der Waals surface area (Å²) in [4.78, 5) is 0. The first kappa shape index (κ1) is 21.6. The van der Waals surface area contributed by atoms with Crippen LogP contribution in [0.2, 0.25) is 0 Å². The van der Waals surface area contributed by atoms with Crippen molar-refractivity contribution in [1.29, 1.82) is 0 Å². The van der Waals surface area contributed by atoms with Crippen molar-refractivity contribution in [3.8, 4) is 11.4 Å². The van der Waals surface area contributed by atoms with Crippen molar-refractivity contribution in [1.82, 2.24) is 30.8 Å². The number of hydrogen-bond donors (Lipinski definition) is 3. The molecule has 0 unspecified atom stereocenters. The molecule has 0 amide bonds. The molecule has 2 aromatic rings. The molecule has 9 nitrogen and oxygen atoms in total. The molecular formula is C20H32N6O3. The lowest BCUT2D eigenvalue weighted by molar-refractivity contribution is -0.146. The normalized spacial score (nSPS) is 22.1. The van der Waals surface area contributed by atoms with Crippen LogP contribution in [0, 0.1) is 0 Å². The highest BCUT2D eigenvalue weighted by Gasteiger charge is 2.41. The maximum atomic E-state index is 10.1. The zero-order chi connectivity index (χ0) is 20.9. The van der Waals surface area contributed by atoms with Crippen LogP contribution in [-0.2, 0) is 15.9 Å². The topological polar surface area (TPSA) is 122 Å². The van der Waals surface area contributed by atoms with Crippen molar-refractivity contribution in [2.45, 2.75) is 89.8 Å². The maximum Gasteiger partial charge on any atom is 0.163 e. The quantitative estimate of drug-likeness (QED) is 0.388. The molecule has 0 radical (unpaired) electrons. The summed E-state index contributed by atoms with van der Waals surface area (Å²) in [6, 6.07) is 0. The first-order valence-electron chi connectivity index (χ1n) is 10.4. The fourth-order valence-electron chi connectivity index (χ4n) is 3.80. The lowest BCUT2D eigenvalue weighted by Crippen LogP contribution is -2.25. The van der Waals surface area contributed by atoms with E-state index in [9.17, 15) is 5.11 Å². The SMILES string of the molecule is C=C[C@H](O)c1nn[nH]c1-c1[nH]nnc1C[C@H]1OC(C)(C)O[C@@H]1CCCCCCC. The van der Waals surface area contributed by atoms with Gasteiger partial charge < -0.3 is 14.6 Å². The maximum absolute atomic E-state index is 10.1. The van der Waals surface area contributed by atoms with Crippen LogP contribution in [-0.4, -0.2) is 53.9 Å². The van der Waals surface area contributed by atoms with Crippen molar-refractivity contribution in [2.24, 2.45) is 0 Å². The number of ether oxygens (including phenoxy) is 2. The molecule has 9 heteroatoms. The number of aliphatic hydroxyl groups is 1. The molecule has 0 spiro atoms. The highest BCUT2D eigenvalue weighted by Crippen LogP contribution is 2.34. The lowest BCUT2D eigenvalue weighted by Gasteiger charge is -2.16. The summed E-state index contributed by atoms with van der Waals surface area (Å²) in [7, 11) is 0. The Labute approximate surface area is 171 Å². The van der Waals surface area contributed by atoms with Crippen LogP contribution in [0.1, 0.15) is 76.8 Å². The first-order valence-corrected chi connectivity index (χ1v) is 10.4. The molecular weight excluding hydrogens is 372 g/mol. The molecule has 1 fully saturated rings. The standard InChI is InChI=1S/C20H32N6O3/c1-5-7-8-9-10-11-15-16(29-20(3,4)28-15)12-13-17(22-25-21-13)19-18(14(27)6-2)23-26-24-19/h6,14-16,27H,2,5,7-12H2,1,3-4H3,(H,21,22,25)(H,23,24,26)/t14-,15+,16+/m0/s1. The predicted molar refractivity (Wildman–Crippen MR) is 108 cm³/mol. The molecule has 3 heterocycles. The Balaban J connectivity index is 1.71. The average molecular weight is 405 g/mol. The number of aromatic nitrogens is 6. The fourth-order valence-corrected chi connectivity index (χ4v) is 3.80. The molecule has 2 aromatic heterocycles. The predicted octanol–water partition coefficient (Wildman–Crippen LogP) is 3.23. The van der Waals surface area contributed by atoms with E-state index in [0.717, 1.165) is 18.5 Å². The Hall–Kier alpha value is -2.10. The highest BCUT2D eigenvalue weighted by atomic mass is 16.7. The van der Waals surface area contributed by atoms with Gasteiger partial charge in [0.1, 0.15) is 23.2 Å². The van der Waals surface area contributed by atoms with Crippen molar-refractivity contribution in [3.05, 3.63) is 24.0 Å². The van der Waals surface area contributed by atoms with Crippen LogP contribution < -0.4 is 0 Å². The summed E-state index contributed by atoms with van der Waals surface area (Å²) in [5.41, 5.74) is 2.28. The molecule has 1 aliphatic rings. The smallest absolute Gasteiger partial charge is 0.163 e. The molecule has 0 aliphatic carbocycles.